The monoisotopic (exact) mass is 223 g/mol. The molecule has 0 aliphatic rings. The first kappa shape index (κ1) is 10.0. The molecule has 0 amide bonds. The van der Waals surface area contributed by atoms with E-state index in [-0.39, 0.29) is 0 Å². The number of aryl methyl sites for hydroxylation is 1. The van der Waals surface area contributed by atoms with Gasteiger partial charge in [0.2, 0.25) is 5.95 Å². The van der Waals surface area contributed by atoms with Crippen LogP contribution in [0.4, 0.5) is 10.1 Å². The largest absolute Gasteiger partial charge is 0.380 e. The number of anilines is 1. The lowest BCUT2D eigenvalue weighted by molar-refractivity contribution is 0.584. The summed E-state index contributed by atoms with van der Waals surface area (Å²) in [5.74, 6) is -0.472. The third-order valence-corrected chi connectivity index (χ3v) is 2.78. The zero-order chi connectivity index (χ0) is 10.7. The second-order valence-corrected chi connectivity index (χ2v) is 4.39. The number of halogens is 1. The number of hydrogen-bond acceptors (Lipinski definition) is 4. The molecular formula is C10H10FN3S. The Hall–Kier alpha value is -1.49. The average Bonchev–Trinajstić information content (AvgIpc) is 2.62. The van der Waals surface area contributed by atoms with Crippen LogP contribution in [0.1, 0.15) is 9.88 Å². The van der Waals surface area contributed by atoms with E-state index in [0.29, 0.717) is 6.54 Å². The van der Waals surface area contributed by atoms with Crippen LogP contribution in [0.2, 0.25) is 0 Å². The van der Waals surface area contributed by atoms with Crippen LogP contribution >= 0.6 is 11.3 Å². The van der Waals surface area contributed by atoms with Crippen molar-refractivity contribution in [2.45, 2.75) is 13.5 Å². The number of hydrogen-bond donors (Lipinski definition) is 1. The van der Waals surface area contributed by atoms with E-state index in [4.69, 9.17) is 0 Å². The summed E-state index contributed by atoms with van der Waals surface area (Å²) in [6.07, 6.45) is 3.26. The highest BCUT2D eigenvalue weighted by Gasteiger charge is 1.99. The van der Waals surface area contributed by atoms with Gasteiger partial charge in [0, 0.05) is 29.0 Å². The predicted octanol–water partition coefficient (Wildman–Crippen LogP) is 2.60. The summed E-state index contributed by atoms with van der Waals surface area (Å²) in [6, 6.07) is 3.10. The van der Waals surface area contributed by atoms with Gasteiger partial charge in [-0.05, 0) is 13.0 Å². The van der Waals surface area contributed by atoms with Crippen molar-refractivity contribution >= 4 is 17.0 Å². The number of nitrogens with one attached hydrogen (secondary N) is 1. The van der Waals surface area contributed by atoms with Crippen molar-refractivity contribution in [3.8, 4) is 0 Å². The Kier molecular flexibility index (Phi) is 2.91. The van der Waals surface area contributed by atoms with Crippen molar-refractivity contribution in [1.82, 2.24) is 9.97 Å². The first-order valence-electron chi connectivity index (χ1n) is 4.51. The van der Waals surface area contributed by atoms with Crippen LogP contribution in [0.25, 0.3) is 0 Å². The van der Waals surface area contributed by atoms with Gasteiger partial charge in [0.25, 0.3) is 0 Å². The fourth-order valence-electron chi connectivity index (χ4n) is 1.19. The summed E-state index contributed by atoms with van der Waals surface area (Å²) >= 11 is 1.63. The van der Waals surface area contributed by atoms with Gasteiger partial charge in [0.05, 0.1) is 11.6 Å². The molecule has 0 saturated carbocycles. The molecule has 2 aromatic heterocycles. The van der Waals surface area contributed by atoms with Crippen molar-refractivity contribution in [1.29, 1.82) is 0 Å². The topological polar surface area (TPSA) is 37.8 Å². The Balaban J connectivity index is 1.99. The molecule has 5 heteroatoms. The first-order valence-corrected chi connectivity index (χ1v) is 5.32. The normalized spacial score (nSPS) is 10.3. The first-order chi connectivity index (χ1) is 7.24. The highest BCUT2D eigenvalue weighted by atomic mass is 32.1. The van der Waals surface area contributed by atoms with E-state index in [9.17, 15) is 4.39 Å². The van der Waals surface area contributed by atoms with Crippen molar-refractivity contribution in [3.05, 3.63) is 40.4 Å². The number of pyridine rings is 1. The second-order valence-electron chi connectivity index (χ2n) is 3.07. The van der Waals surface area contributed by atoms with Gasteiger partial charge >= 0.3 is 0 Å². The van der Waals surface area contributed by atoms with Crippen LogP contribution in [-0.2, 0) is 6.54 Å². The number of aromatic nitrogens is 2. The fourth-order valence-corrected chi connectivity index (χ4v) is 1.92. The quantitative estimate of drug-likeness (QED) is 0.813. The van der Waals surface area contributed by atoms with Crippen molar-refractivity contribution < 1.29 is 4.39 Å². The summed E-state index contributed by atoms with van der Waals surface area (Å²) in [5, 5.41) is 4.14. The van der Waals surface area contributed by atoms with Crippen LogP contribution in [0.3, 0.4) is 0 Å². The molecule has 0 saturated heterocycles. The van der Waals surface area contributed by atoms with E-state index < -0.39 is 5.95 Å². The molecule has 0 aliphatic heterocycles. The average molecular weight is 223 g/mol. The summed E-state index contributed by atoms with van der Waals surface area (Å²) in [7, 11) is 0. The molecule has 2 aromatic rings. The third kappa shape index (κ3) is 2.73. The van der Waals surface area contributed by atoms with Gasteiger partial charge < -0.3 is 5.32 Å². The maximum absolute atomic E-state index is 12.7. The van der Waals surface area contributed by atoms with Gasteiger partial charge in [-0.2, -0.15) is 4.39 Å². The van der Waals surface area contributed by atoms with Crippen LogP contribution in [0.5, 0.6) is 0 Å². The molecule has 0 bridgehead atoms. The van der Waals surface area contributed by atoms with Gasteiger partial charge in [-0.1, -0.05) is 0 Å². The SMILES string of the molecule is Cc1ncc(CNc2ccnc(F)c2)s1. The van der Waals surface area contributed by atoms with Gasteiger partial charge in [-0.3, -0.25) is 0 Å². The Labute approximate surface area is 91.0 Å². The molecule has 0 radical (unpaired) electrons. The standard InChI is InChI=1S/C10H10FN3S/c1-7-13-5-9(15-7)6-14-8-2-3-12-10(11)4-8/h2-5H,6H2,1H3,(H,12,14). The van der Waals surface area contributed by atoms with E-state index >= 15 is 0 Å². The van der Waals surface area contributed by atoms with Crippen molar-refractivity contribution in [2.75, 3.05) is 5.32 Å². The number of rotatable bonds is 3. The van der Waals surface area contributed by atoms with Crippen LogP contribution < -0.4 is 5.32 Å². The Morgan fingerprint density at radius 1 is 1.47 bits per heavy atom. The lowest BCUT2D eigenvalue weighted by atomic mass is 10.4. The van der Waals surface area contributed by atoms with E-state index in [0.717, 1.165) is 15.6 Å². The van der Waals surface area contributed by atoms with E-state index in [1.807, 2.05) is 13.1 Å². The molecule has 2 heterocycles. The summed E-state index contributed by atoms with van der Waals surface area (Å²) in [5.41, 5.74) is 0.730. The van der Waals surface area contributed by atoms with Crippen LogP contribution in [0.15, 0.2) is 24.5 Å². The minimum Gasteiger partial charge on any atom is -0.380 e. The number of thiazole rings is 1. The Morgan fingerprint density at radius 3 is 3.00 bits per heavy atom. The highest BCUT2D eigenvalue weighted by molar-refractivity contribution is 7.11. The van der Waals surface area contributed by atoms with Crippen molar-refractivity contribution in [2.24, 2.45) is 0 Å². The van der Waals surface area contributed by atoms with Crippen LogP contribution in [-0.4, -0.2) is 9.97 Å². The highest BCUT2D eigenvalue weighted by Crippen LogP contribution is 2.14. The molecular weight excluding hydrogens is 213 g/mol. The lowest BCUT2D eigenvalue weighted by Gasteiger charge is -2.03. The zero-order valence-corrected chi connectivity index (χ0v) is 9.01. The van der Waals surface area contributed by atoms with E-state index in [1.54, 1.807) is 17.4 Å². The van der Waals surface area contributed by atoms with Gasteiger partial charge in [-0.15, -0.1) is 11.3 Å². The molecule has 0 aliphatic carbocycles. The number of nitrogens with zero attached hydrogens (tertiary/aromatic N) is 2. The Morgan fingerprint density at radius 2 is 2.33 bits per heavy atom. The zero-order valence-electron chi connectivity index (χ0n) is 8.20. The Bertz CT molecular complexity index is 455. The van der Waals surface area contributed by atoms with Gasteiger partial charge in [0.1, 0.15) is 0 Å². The molecule has 15 heavy (non-hydrogen) atoms. The minimum absolute atomic E-state index is 0.472. The second kappa shape index (κ2) is 4.35. The lowest BCUT2D eigenvalue weighted by Crippen LogP contribution is -1.98. The fraction of sp³-hybridized carbons (Fsp3) is 0.200. The minimum atomic E-state index is -0.472. The molecule has 0 atom stereocenters. The molecule has 78 valence electrons. The van der Waals surface area contributed by atoms with E-state index in [2.05, 4.69) is 15.3 Å². The van der Waals surface area contributed by atoms with E-state index in [1.165, 1.54) is 12.3 Å². The summed E-state index contributed by atoms with van der Waals surface area (Å²) in [6.45, 7) is 2.62. The maximum Gasteiger partial charge on any atom is 0.214 e. The molecule has 3 nitrogen and oxygen atoms in total. The summed E-state index contributed by atoms with van der Waals surface area (Å²) in [4.78, 5) is 8.75. The predicted molar refractivity (Wildman–Crippen MR) is 58.4 cm³/mol. The molecule has 1 N–H and O–H groups in total. The molecule has 2 rings (SSSR count). The molecule has 0 fully saturated rings. The van der Waals surface area contributed by atoms with Crippen LogP contribution in [0, 0.1) is 12.9 Å². The molecule has 0 spiro atoms. The molecule has 0 aromatic carbocycles. The maximum atomic E-state index is 12.7. The van der Waals surface area contributed by atoms with Crippen molar-refractivity contribution in [3.63, 3.8) is 0 Å². The van der Waals surface area contributed by atoms with Gasteiger partial charge in [-0.25, -0.2) is 9.97 Å². The molecule has 0 unspecified atom stereocenters. The van der Waals surface area contributed by atoms with Gasteiger partial charge in [0.15, 0.2) is 0 Å². The smallest absolute Gasteiger partial charge is 0.214 e. The summed E-state index contributed by atoms with van der Waals surface area (Å²) < 4.78 is 12.7. The third-order valence-electron chi connectivity index (χ3n) is 1.86.